The first-order valence-electron chi connectivity index (χ1n) is 9.42. The molecule has 1 aliphatic heterocycles. The maximum atomic E-state index is 12.8. The number of hydrogen-bond donors (Lipinski definition) is 1. The van der Waals surface area contributed by atoms with Crippen molar-refractivity contribution in [3.8, 4) is 5.75 Å². The van der Waals surface area contributed by atoms with E-state index in [4.69, 9.17) is 9.15 Å². The minimum absolute atomic E-state index is 0.0673. The minimum Gasteiger partial charge on any atom is -0.456 e. The number of benzene rings is 2. The summed E-state index contributed by atoms with van der Waals surface area (Å²) in [4.78, 5) is 15.4. The van der Waals surface area contributed by atoms with Gasteiger partial charge in [-0.1, -0.05) is 18.2 Å². The molecule has 2 aromatic carbocycles. The lowest BCUT2D eigenvalue weighted by Crippen LogP contribution is -2.37. The van der Waals surface area contributed by atoms with Crippen molar-refractivity contribution in [2.75, 3.05) is 24.6 Å². The summed E-state index contributed by atoms with van der Waals surface area (Å²) in [7, 11) is -3.62. The number of carbonyl (C=O) groups is 1. The van der Waals surface area contributed by atoms with Gasteiger partial charge in [0.2, 0.25) is 10.0 Å². The molecule has 1 fully saturated rings. The summed E-state index contributed by atoms with van der Waals surface area (Å²) in [5.74, 6) is 1.23. The zero-order valence-electron chi connectivity index (χ0n) is 15.8. The maximum absolute atomic E-state index is 12.8. The highest BCUT2D eigenvalue weighted by Crippen LogP contribution is 2.31. The van der Waals surface area contributed by atoms with Gasteiger partial charge in [-0.3, -0.25) is 0 Å². The van der Waals surface area contributed by atoms with Crippen molar-refractivity contribution in [2.24, 2.45) is 0 Å². The number of nitrogens with one attached hydrogen (secondary N) is 1. The standard InChI is InChI=1S/C21H18N2O5S2/c24-21(18-12-15(13-22-18)30(25,26)23-7-9-29-10-8-23)27-14-5-6-20-17(11-14)16-3-1-2-4-19(16)28-20/h1-6,11-13,22H,7-10H2. The van der Waals surface area contributed by atoms with Gasteiger partial charge < -0.3 is 14.1 Å². The fraction of sp³-hybridized carbons (Fsp3) is 0.190. The van der Waals surface area contributed by atoms with Crippen LogP contribution in [0.25, 0.3) is 21.9 Å². The fourth-order valence-corrected chi connectivity index (χ4v) is 6.08. The third kappa shape index (κ3) is 3.38. The van der Waals surface area contributed by atoms with Crippen LogP contribution in [0.15, 0.2) is 64.0 Å². The number of fused-ring (bicyclic) bond motifs is 3. The van der Waals surface area contributed by atoms with E-state index in [0.29, 0.717) is 24.4 Å². The zero-order chi connectivity index (χ0) is 20.7. The van der Waals surface area contributed by atoms with Crippen LogP contribution in [0.3, 0.4) is 0 Å². The highest BCUT2D eigenvalue weighted by atomic mass is 32.2. The second kappa shape index (κ2) is 7.50. The number of aromatic nitrogens is 1. The Kier molecular flexibility index (Phi) is 4.80. The Labute approximate surface area is 177 Å². The smallest absolute Gasteiger partial charge is 0.360 e. The molecular formula is C21H18N2O5S2. The van der Waals surface area contributed by atoms with Gasteiger partial charge in [0.15, 0.2) is 0 Å². The molecule has 1 saturated heterocycles. The van der Waals surface area contributed by atoms with Gasteiger partial charge in [-0.25, -0.2) is 13.2 Å². The normalized spacial score (nSPS) is 15.6. The van der Waals surface area contributed by atoms with Crippen LogP contribution in [0, 0.1) is 0 Å². The number of esters is 1. The van der Waals surface area contributed by atoms with E-state index in [1.54, 1.807) is 30.0 Å². The molecule has 0 radical (unpaired) electrons. The summed E-state index contributed by atoms with van der Waals surface area (Å²) >= 11 is 1.73. The lowest BCUT2D eigenvalue weighted by Gasteiger charge is -2.24. The van der Waals surface area contributed by atoms with Crippen LogP contribution < -0.4 is 4.74 Å². The van der Waals surface area contributed by atoms with Crippen LogP contribution in [-0.2, 0) is 10.0 Å². The van der Waals surface area contributed by atoms with Gasteiger partial charge in [0, 0.05) is 41.6 Å². The van der Waals surface area contributed by atoms with Crippen LogP contribution in [0.2, 0.25) is 0 Å². The minimum atomic E-state index is -3.62. The molecule has 0 atom stereocenters. The van der Waals surface area contributed by atoms with Crippen molar-refractivity contribution in [1.82, 2.24) is 9.29 Å². The number of hydrogen-bond acceptors (Lipinski definition) is 6. The topological polar surface area (TPSA) is 92.6 Å². The second-order valence-electron chi connectivity index (χ2n) is 6.91. The molecule has 1 N–H and O–H groups in total. The molecule has 0 bridgehead atoms. The summed E-state index contributed by atoms with van der Waals surface area (Å²) < 4.78 is 38.2. The lowest BCUT2D eigenvalue weighted by atomic mass is 10.1. The molecule has 4 aromatic rings. The largest absolute Gasteiger partial charge is 0.456 e. The molecule has 5 rings (SSSR count). The van der Waals surface area contributed by atoms with E-state index in [1.807, 2.05) is 24.3 Å². The number of ether oxygens (including phenoxy) is 1. The van der Waals surface area contributed by atoms with E-state index in [9.17, 15) is 13.2 Å². The predicted octanol–water partition coefficient (Wildman–Crippen LogP) is 3.87. The Morgan fingerprint density at radius 1 is 1.03 bits per heavy atom. The molecule has 1 aliphatic rings. The van der Waals surface area contributed by atoms with E-state index < -0.39 is 16.0 Å². The first-order chi connectivity index (χ1) is 14.5. The molecule has 154 valence electrons. The number of H-pyrrole nitrogens is 1. The van der Waals surface area contributed by atoms with Crippen LogP contribution in [0.5, 0.6) is 5.75 Å². The molecule has 0 spiro atoms. The highest BCUT2D eigenvalue weighted by molar-refractivity contribution is 7.99. The van der Waals surface area contributed by atoms with Crippen molar-refractivity contribution in [1.29, 1.82) is 0 Å². The summed E-state index contributed by atoms with van der Waals surface area (Å²) in [6, 6.07) is 14.1. The molecular weight excluding hydrogens is 424 g/mol. The first-order valence-corrected chi connectivity index (χ1v) is 12.0. The van der Waals surface area contributed by atoms with Gasteiger partial charge in [0.25, 0.3) is 0 Å². The number of carbonyl (C=O) groups excluding carboxylic acids is 1. The van der Waals surface area contributed by atoms with Crippen molar-refractivity contribution in [2.45, 2.75) is 4.90 Å². The molecule has 30 heavy (non-hydrogen) atoms. The van der Waals surface area contributed by atoms with Crippen LogP contribution in [0.1, 0.15) is 10.5 Å². The molecule has 0 saturated carbocycles. The summed E-state index contributed by atoms with van der Waals surface area (Å²) in [6.07, 6.45) is 1.33. The van der Waals surface area contributed by atoms with E-state index in [-0.39, 0.29) is 10.6 Å². The van der Waals surface area contributed by atoms with Gasteiger partial charge in [-0.2, -0.15) is 16.1 Å². The molecule has 0 aliphatic carbocycles. The van der Waals surface area contributed by atoms with Gasteiger partial charge >= 0.3 is 5.97 Å². The average molecular weight is 443 g/mol. The SMILES string of the molecule is O=C(Oc1ccc2oc3ccccc3c2c1)c1cc(S(=O)(=O)N2CCSCC2)c[nH]1. The predicted molar refractivity (Wildman–Crippen MR) is 116 cm³/mol. The second-order valence-corrected chi connectivity index (χ2v) is 10.1. The summed E-state index contributed by atoms with van der Waals surface area (Å²) in [5, 5.41) is 1.77. The van der Waals surface area contributed by atoms with Gasteiger partial charge in [0.05, 0.1) is 0 Å². The Bertz CT molecular complexity index is 1350. The fourth-order valence-electron chi connectivity index (χ4n) is 3.51. The Morgan fingerprint density at radius 3 is 2.63 bits per heavy atom. The Balaban J connectivity index is 1.39. The summed E-state index contributed by atoms with van der Waals surface area (Å²) in [6.45, 7) is 0.938. The van der Waals surface area contributed by atoms with Gasteiger partial charge in [0.1, 0.15) is 27.5 Å². The Morgan fingerprint density at radius 2 is 1.80 bits per heavy atom. The first kappa shape index (κ1) is 19.2. The number of nitrogens with zero attached hydrogens (tertiary/aromatic N) is 1. The maximum Gasteiger partial charge on any atom is 0.360 e. The Hall–Kier alpha value is -2.75. The molecule has 2 aromatic heterocycles. The van der Waals surface area contributed by atoms with E-state index >= 15 is 0 Å². The number of rotatable bonds is 4. The highest BCUT2D eigenvalue weighted by Gasteiger charge is 2.28. The van der Waals surface area contributed by atoms with E-state index in [0.717, 1.165) is 27.9 Å². The zero-order valence-corrected chi connectivity index (χ0v) is 17.5. The van der Waals surface area contributed by atoms with E-state index in [2.05, 4.69) is 4.98 Å². The van der Waals surface area contributed by atoms with Crippen molar-refractivity contribution < 1.29 is 22.4 Å². The number of furan rings is 1. The van der Waals surface area contributed by atoms with Crippen LogP contribution in [0.4, 0.5) is 0 Å². The van der Waals surface area contributed by atoms with Crippen LogP contribution in [-0.4, -0.2) is 48.3 Å². The van der Waals surface area contributed by atoms with Crippen molar-refractivity contribution in [3.05, 3.63) is 60.4 Å². The third-order valence-electron chi connectivity index (χ3n) is 5.04. The number of thioether (sulfide) groups is 1. The number of sulfonamides is 1. The third-order valence-corrected chi connectivity index (χ3v) is 7.86. The number of para-hydroxylation sites is 1. The molecule has 3 heterocycles. The monoisotopic (exact) mass is 442 g/mol. The van der Waals surface area contributed by atoms with Crippen LogP contribution >= 0.6 is 11.8 Å². The molecule has 7 nitrogen and oxygen atoms in total. The van der Waals surface area contributed by atoms with Gasteiger partial charge in [-0.05, 0) is 30.3 Å². The van der Waals surface area contributed by atoms with Gasteiger partial charge in [-0.15, -0.1) is 0 Å². The van der Waals surface area contributed by atoms with E-state index in [1.165, 1.54) is 16.6 Å². The quantitative estimate of drug-likeness (QED) is 0.381. The van der Waals surface area contributed by atoms with Crippen molar-refractivity contribution >= 4 is 49.7 Å². The van der Waals surface area contributed by atoms with Crippen molar-refractivity contribution in [3.63, 3.8) is 0 Å². The average Bonchev–Trinajstić information content (AvgIpc) is 3.40. The molecule has 0 unspecified atom stereocenters. The summed E-state index contributed by atoms with van der Waals surface area (Å²) in [5.41, 5.74) is 1.53. The number of aromatic amines is 1. The molecule has 0 amide bonds. The molecule has 9 heteroatoms. The lowest BCUT2D eigenvalue weighted by molar-refractivity contribution is 0.0729.